The van der Waals surface area contributed by atoms with Crippen LogP contribution in [0.3, 0.4) is 0 Å². The number of halogens is 4. The molecule has 0 fully saturated rings. The Kier molecular flexibility index (Phi) is 6.26. The molecule has 0 aliphatic heterocycles. The van der Waals surface area contributed by atoms with Crippen LogP contribution in [0.25, 0.3) is 17.1 Å². The smallest absolute Gasteiger partial charge is 0.230 e. The highest BCUT2D eigenvalue weighted by Crippen LogP contribution is 2.34. The molecule has 140 valence electrons. The first-order valence-corrected chi connectivity index (χ1v) is 9.72. The minimum atomic E-state index is -0.542. The molecule has 3 aromatic rings. The molecule has 0 radical (unpaired) electrons. The van der Waals surface area contributed by atoms with E-state index in [9.17, 15) is 9.18 Å². The molecule has 1 heterocycles. The number of aromatic nitrogens is 3. The van der Waals surface area contributed by atoms with E-state index in [1.807, 2.05) is 0 Å². The van der Waals surface area contributed by atoms with Gasteiger partial charge in [-0.15, -0.1) is 10.2 Å². The van der Waals surface area contributed by atoms with Crippen molar-refractivity contribution in [3.63, 3.8) is 0 Å². The third kappa shape index (κ3) is 4.38. The van der Waals surface area contributed by atoms with E-state index in [0.717, 1.165) is 0 Å². The maximum absolute atomic E-state index is 13.6. The number of nitrogens with zero attached hydrogens (tertiary/aromatic N) is 3. The van der Waals surface area contributed by atoms with Crippen molar-refractivity contribution in [3.05, 3.63) is 57.3 Å². The van der Waals surface area contributed by atoms with Crippen LogP contribution in [0, 0.1) is 5.82 Å². The lowest BCUT2D eigenvalue weighted by molar-refractivity contribution is -0.118. The van der Waals surface area contributed by atoms with E-state index in [1.54, 1.807) is 35.9 Å². The average molecular weight is 446 g/mol. The van der Waals surface area contributed by atoms with Crippen molar-refractivity contribution in [3.8, 4) is 17.1 Å². The summed E-state index contributed by atoms with van der Waals surface area (Å²) in [6, 6.07) is 9.23. The molecule has 1 amide bonds. The Labute approximate surface area is 173 Å². The van der Waals surface area contributed by atoms with E-state index in [2.05, 4.69) is 15.5 Å². The highest BCUT2D eigenvalue weighted by Gasteiger charge is 2.20. The molecule has 5 nitrogen and oxygen atoms in total. The fourth-order valence-corrected chi connectivity index (χ4v) is 3.76. The van der Waals surface area contributed by atoms with Gasteiger partial charge in [0.1, 0.15) is 5.82 Å². The van der Waals surface area contributed by atoms with Gasteiger partial charge in [-0.25, -0.2) is 4.39 Å². The van der Waals surface area contributed by atoms with E-state index >= 15 is 0 Å². The van der Waals surface area contributed by atoms with Gasteiger partial charge in [-0.3, -0.25) is 9.36 Å². The number of carbonyl (C=O) groups is 1. The van der Waals surface area contributed by atoms with Crippen LogP contribution in [0.15, 0.2) is 41.6 Å². The number of nitrogens with one attached hydrogen (secondary N) is 1. The fourth-order valence-electron chi connectivity index (χ4n) is 2.27. The van der Waals surface area contributed by atoms with Crippen LogP contribution >= 0.6 is 46.6 Å². The van der Waals surface area contributed by atoms with Crippen molar-refractivity contribution >= 4 is 52.5 Å². The van der Waals surface area contributed by atoms with Gasteiger partial charge in [-0.1, -0.05) is 46.6 Å². The Morgan fingerprint density at radius 1 is 1.15 bits per heavy atom. The molecule has 0 spiro atoms. The predicted octanol–water partition coefficient (Wildman–Crippen LogP) is 4.87. The SMILES string of the molecule is CNC(=O)CSc1nnc(-c2ccc(Cl)cc2Cl)n1-c1ccc(F)c(Cl)c1. The molecule has 1 aromatic heterocycles. The van der Waals surface area contributed by atoms with Crippen LogP contribution in [0.2, 0.25) is 15.1 Å². The highest BCUT2D eigenvalue weighted by molar-refractivity contribution is 7.99. The molecule has 0 saturated heterocycles. The Bertz CT molecular complexity index is 1010. The van der Waals surface area contributed by atoms with Gasteiger partial charge in [-0.05, 0) is 36.4 Å². The van der Waals surface area contributed by atoms with E-state index in [-0.39, 0.29) is 16.7 Å². The third-order valence-corrected chi connectivity index (χ3v) is 5.34. The molecule has 0 atom stereocenters. The van der Waals surface area contributed by atoms with Crippen molar-refractivity contribution in [2.24, 2.45) is 0 Å². The molecule has 0 aliphatic carbocycles. The van der Waals surface area contributed by atoms with Gasteiger partial charge in [0.15, 0.2) is 11.0 Å². The molecular weight excluding hydrogens is 434 g/mol. The predicted molar refractivity (Wildman–Crippen MR) is 107 cm³/mol. The number of carbonyl (C=O) groups excluding carboxylic acids is 1. The lowest BCUT2D eigenvalue weighted by Gasteiger charge is -2.12. The van der Waals surface area contributed by atoms with Crippen molar-refractivity contribution in [1.29, 1.82) is 0 Å². The molecular formula is C17H12Cl3FN4OS. The monoisotopic (exact) mass is 444 g/mol. The zero-order chi connectivity index (χ0) is 19.6. The first kappa shape index (κ1) is 19.9. The average Bonchev–Trinajstić information content (AvgIpc) is 3.05. The number of hydrogen-bond donors (Lipinski definition) is 1. The quantitative estimate of drug-likeness (QED) is 0.569. The maximum atomic E-state index is 13.6. The summed E-state index contributed by atoms with van der Waals surface area (Å²) < 4.78 is 15.3. The van der Waals surface area contributed by atoms with Crippen molar-refractivity contribution in [2.45, 2.75) is 5.16 Å². The molecule has 2 aromatic carbocycles. The summed E-state index contributed by atoms with van der Waals surface area (Å²) in [6.45, 7) is 0. The molecule has 0 aliphatic rings. The normalized spacial score (nSPS) is 10.9. The van der Waals surface area contributed by atoms with Gasteiger partial charge < -0.3 is 5.32 Å². The largest absolute Gasteiger partial charge is 0.358 e. The lowest BCUT2D eigenvalue weighted by Crippen LogP contribution is -2.20. The summed E-state index contributed by atoms with van der Waals surface area (Å²) in [5.74, 6) is -0.159. The second kappa shape index (κ2) is 8.48. The summed E-state index contributed by atoms with van der Waals surface area (Å²) >= 11 is 19.4. The highest BCUT2D eigenvalue weighted by atomic mass is 35.5. The lowest BCUT2D eigenvalue weighted by atomic mass is 10.2. The van der Waals surface area contributed by atoms with Crippen LogP contribution in [0.5, 0.6) is 0 Å². The molecule has 0 saturated carbocycles. The van der Waals surface area contributed by atoms with Crippen molar-refractivity contribution in [2.75, 3.05) is 12.8 Å². The second-order valence-electron chi connectivity index (χ2n) is 5.33. The first-order chi connectivity index (χ1) is 12.9. The maximum Gasteiger partial charge on any atom is 0.230 e. The van der Waals surface area contributed by atoms with Gasteiger partial charge in [-0.2, -0.15) is 0 Å². The third-order valence-electron chi connectivity index (χ3n) is 3.58. The van der Waals surface area contributed by atoms with E-state index in [1.165, 1.54) is 23.9 Å². The minimum absolute atomic E-state index is 0.0448. The number of hydrogen-bond acceptors (Lipinski definition) is 4. The van der Waals surface area contributed by atoms with Crippen LogP contribution in [-0.4, -0.2) is 33.5 Å². The Hall–Kier alpha value is -1.80. The number of rotatable bonds is 5. The summed E-state index contributed by atoms with van der Waals surface area (Å²) in [5, 5.41) is 12.2. The molecule has 3 rings (SSSR count). The van der Waals surface area contributed by atoms with E-state index in [0.29, 0.717) is 32.3 Å². The second-order valence-corrected chi connectivity index (χ2v) is 7.52. The number of amides is 1. The summed E-state index contributed by atoms with van der Waals surface area (Å²) in [5.41, 5.74) is 1.12. The summed E-state index contributed by atoms with van der Waals surface area (Å²) in [7, 11) is 1.55. The van der Waals surface area contributed by atoms with Gasteiger partial charge in [0.25, 0.3) is 0 Å². The van der Waals surface area contributed by atoms with Crippen LogP contribution in [0.4, 0.5) is 4.39 Å². The first-order valence-electron chi connectivity index (χ1n) is 7.60. The van der Waals surface area contributed by atoms with Gasteiger partial charge in [0, 0.05) is 17.6 Å². The molecule has 27 heavy (non-hydrogen) atoms. The van der Waals surface area contributed by atoms with Gasteiger partial charge in [0.2, 0.25) is 5.91 Å². The molecule has 0 bridgehead atoms. The Balaban J connectivity index is 2.14. The molecule has 10 heteroatoms. The minimum Gasteiger partial charge on any atom is -0.358 e. The van der Waals surface area contributed by atoms with Crippen LogP contribution < -0.4 is 5.32 Å². The van der Waals surface area contributed by atoms with Crippen molar-refractivity contribution < 1.29 is 9.18 Å². The van der Waals surface area contributed by atoms with Crippen LogP contribution in [0.1, 0.15) is 0 Å². The topological polar surface area (TPSA) is 59.8 Å². The zero-order valence-electron chi connectivity index (χ0n) is 13.8. The number of thioether (sulfide) groups is 1. The Morgan fingerprint density at radius 2 is 1.93 bits per heavy atom. The number of benzene rings is 2. The summed E-state index contributed by atoms with van der Waals surface area (Å²) in [4.78, 5) is 11.6. The zero-order valence-corrected chi connectivity index (χ0v) is 16.9. The van der Waals surface area contributed by atoms with E-state index in [4.69, 9.17) is 34.8 Å². The van der Waals surface area contributed by atoms with Crippen LogP contribution in [-0.2, 0) is 4.79 Å². The molecule has 1 N–H and O–H groups in total. The fraction of sp³-hybridized carbons (Fsp3) is 0.118. The van der Waals surface area contributed by atoms with Gasteiger partial charge >= 0.3 is 0 Å². The summed E-state index contributed by atoms with van der Waals surface area (Å²) in [6.07, 6.45) is 0. The van der Waals surface area contributed by atoms with Gasteiger partial charge in [0.05, 0.1) is 21.5 Å². The van der Waals surface area contributed by atoms with E-state index < -0.39 is 5.82 Å². The van der Waals surface area contributed by atoms with Crippen molar-refractivity contribution in [1.82, 2.24) is 20.1 Å². The standard InChI is InChI=1S/C17H12Cl3FN4OS/c1-22-15(26)8-27-17-24-23-16(11-4-2-9(18)6-12(11)19)25(17)10-3-5-14(21)13(20)7-10/h2-7H,8H2,1H3,(H,22,26). The molecule has 0 unspecified atom stereocenters. The Morgan fingerprint density at radius 3 is 2.59 bits per heavy atom.